The highest BCUT2D eigenvalue weighted by Gasteiger charge is 2.62. The van der Waals surface area contributed by atoms with Crippen molar-refractivity contribution in [1.29, 1.82) is 0 Å². The van der Waals surface area contributed by atoms with Crippen LogP contribution in [0, 0.1) is 0 Å². The number of aromatic nitrogens is 2. The Morgan fingerprint density at radius 3 is 2.34 bits per heavy atom. The van der Waals surface area contributed by atoms with Gasteiger partial charge >= 0.3 is 35.1 Å². The molecule has 32 heavy (non-hydrogen) atoms. The van der Waals surface area contributed by atoms with E-state index in [1.165, 1.54) is 6.92 Å². The van der Waals surface area contributed by atoms with E-state index in [2.05, 4.69) is 18.1 Å². The van der Waals surface area contributed by atoms with Gasteiger partial charge < -0.3 is 35.2 Å². The number of hydrogen-bond donors (Lipinski definition) is 6. The molecule has 1 fully saturated rings. The summed E-state index contributed by atoms with van der Waals surface area (Å²) in [5.41, 5.74) is 4.02. The van der Waals surface area contributed by atoms with Crippen LogP contribution < -0.4 is 11.4 Å². The molecule has 0 aliphatic carbocycles. The van der Waals surface area contributed by atoms with E-state index in [0.717, 1.165) is 12.3 Å². The van der Waals surface area contributed by atoms with Crippen molar-refractivity contribution in [2.75, 3.05) is 5.73 Å². The maximum absolute atomic E-state index is 14.6. The van der Waals surface area contributed by atoms with E-state index in [9.17, 15) is 37.3 Å². The van der Waals surface area contributed by atoms with Gasteiger partial charge in [0, 0.05) is 6.20 Å². The van der Waals surface area contributed by atoms with Crippen LogP contribution in [0.3, 0.4) is 0 Å². The summed E-state index contributed by atoms with van der Waals surface area (Å²) in [5.74, 6) is -4.44. The van der Waals surface area contributed by atoms with Gasteiger partial charge in [0.15, 0.2) is 6.10 Å². The first-order valence-corrected chi connectivity index (χ1v) is 12.8. The minimum absolute atomic E-state index is 0.288. The van der Waals surface area contributed by atoms with Gasteiger partial charge in [-0.05, 0) is 12.5 Å². The van der Waals surface area contributed by atoms with E-state index in [1.54, 1.807) is 0 Å². The molecule has 184 valence electrons. The number of alkyl halides is 2. The minimum atomic E-state index is -5.86. The SMILES string of the molecule is CC[C@H](OP(=O)(O)OP(=O)(O)OP(=O)(O)O)C1OC(n2ccc(N)nc2=O)C(F)(F)C1O. The van der Waals surface area contributed by atoms with Crippen LogP contribution in [0.4, 0.5) is 14.6 Å². The molecule has 1 aliphatic heterocycles. The maximum atomic E-state index is 14.6. The predicted octanol–water partition coefficient (Wildman–Crippen LogP) is -0.159. The second-order valence-electron chi connectivity index (χ2n) is 6.26. The van der Waals surface area contributed by atoms with Crippen molar-refractivity contribution < 1.29 is 65.0 Å². The molecule has 0 spiro atoms. The Kier molecular flexibility index (Phi) is 7.84. The molecule has 21 heteroatoms. The lowest BCUT2D eigenvalue weighted by atomic mass is 10.0. The van der Waals surface area contributed by atoms with Crippen molar-refractivity contribution in [2.24, 2.45) is 0 Å². The number of rotatable bonds is 9. The number of nitrogens with two attached hydrogens (primary N) is 1. The summed E-state index contributed by atoms with van der Waals surface area (Å²) in [5, 5.41) is 10.0. The van der Waals surface area contributed by atoms with E-state index in [-0.39, 0.29) is 5.82 Å². The van der Waals surface area contributed by atoms with Gasteiger partial charge in [0.2, 0.25) is 6.23 Å². The first-order valence-electron chi connectivity index (χ1n) is 8.27. The van der Waals surface area contributed by atoms with Crippen LogP contribution in [0.2, 0.25) is 0 Å². The van der Waals surface area contributed by atoms with E-state index in [0.29, 0.717) is 4.57 Å². The van der Waals surface area contributed by atoms with Gasteiger partial charge in [-0.3, -0.25) is 9.09 Å². The summed E-state index contributed by atoms with van der Waals surface area (Å²) < 4.78 is 80.1. The summed E-state index contributed by atoms with van der Waals surface area (Å²) in [6, 6.07) is 0.990. The molecule has 5 unspecified atom stereocenters. The number of hydrogen-bond acceptors (Lipinski definition) is 11. The summed E-state index contributed by atoms with van der Waals surface area (Å²) in [6.07, 6.45) is -8.78. The van der Waals surface area contributed by atoms with Crippen LogP contribution >= 0.6 is 23.5 Å². The monoisotopic (exact) mass is 531 g/mol. The lowest BCUT2D eigenvalue weighted by molar-refractivity contribution is -0.141. The fraction of sp³-hybridized carbons (Fsp3) is 0.636. The van der Waals surface area contributed by atoms with Gasteiger partial charge in [-0.25, -0.2) is 18.5 Å². The number of phosphoric ester groups is 1. The van der Waals surface area contributed by atoms with E-state index < -0.39 is 66.0 Å². The van der Waals surface area contributed by atoms with Crippen molar-refractivity contribution in [3.8, 4) is 0 Å². The minimum Gasteiger partial charge on any atom is -0.384 e. The molecular formula is C11H18F2N3O13P3. The molecule has 7 N–H and O–H groups in total. The lowest BCUT2D eigenvalue weighted by Gasteiger charge is -2.26. The van der Waals surface area contributed by atoms with Gasteiger partial charge in [0.1, 0.15) is 11.9 Å². The van der Waals surface area contributed by atoms with Gasteiger partial charge in [0.25, 0.3) is 0 Å². The Morgan fingerprint density at radius 2 is 1.84 bits per heavy atom. The zero-order chi connectivity index (χ0) is 24.7. The molecular weight excluding hydrogens is 513 g/mol. The molecule has 0 saturated carbocycles. The number of phosphoric acid groups is 3. The van der Waals surface area contributed by atoms with Crippen molar-refractivity contribution in [1.82, 2.24) is 9.55 Å². The zero-order valence-electron chi connectivity index (χ0n) is 15.7. The lowest BCUT2D eigenvalue weighted by Crippen LogP contribution is -2.44. The van der Waals surface area contributed by atoms with Crippen LogP contribution in [0.1, 0.15) is 19.6 Å². The molecule has 0 bridgehead atoms. The highest BCUT2D eigenvalue weighted by molar-refractivity contribution is 7.66. The van der Waals surface area contributed by atoms with Gasteiger partial charge in [-0.2, -0.15) is 22.4 Å². The maximum Gasteiger partial charge on any atom is 0.490 e. The number of ether oxygens (including phenoxy) is 1. The molecule has 6 atom stereocenters. The molecule has 16 nitrogen and oxygen atoms in total. The van der Waals surface area contributed by atoms with E-state index in [4.69, 9.17) is 25.2 Å². The number of halogens is 2. The molecule has 1 aromatic heterocycles. The van der Waals surface area contributed by atoms with Crippen LogP contribution in [0.25, 0.3) is 0 Å². The molecule has 2 heterocycles. The van der Waals surface area contributed by atoms with Crippen LogP contribution in [-0.4, -0.2) is 58.5 Å². The Labute approximate surface area is 177 Å². The summed E-state index contributed by atoms with van der Waals surface area (Å²) in [6.45, 7) is 1.22. The molecule has 1 saturated heterocycles. The third-order valence-electron chi connectivity index (χ3n) is 3.88. The summed E-state index contributed by atoms with van der Waals surface area (Å²) in [4.78, 5) is 50.9. The van der Waals surface area contributed by atoms with Gasteiger partial charge in [0.05, 0.1) is 6.10 Å². The molecule has 1 aromatic rings. The van der Waals surface area contributed by atoms with Crippen molar-refractivity contribution in [3.05, 3.63) is 22.7 Å². The third-order valence-corrected chi connectivity index (χ3v) is 7.74. The Hall–Kier alpha value is -1.13. The van der Waals surface area contributed by atoms with Crippen molar-refractivity contribution in [3.63, 3.8) is 0 Å². The van der Waals surface area contributed by atoms with Gasteiger partial charge in [-0.15, -0.1) is 0 Å². The molecule has 0 aromatic carbocycles. The zero-order valence-corrected chi connectivity index (χ0v) is 18.4. The summed E-state index contributed by atoms with van der Waals surface area (Å²) in [7, 11) is -17.2. The molecule has 1 aliphatic rings. The van der Waals surface area contributed by atoms with Crippen LogP contribution in [-0.2, 0) is 31.6 Å². The first-order chi connectivity index (χ1) is 14.4. The average Bonchev–Trinajstić information content (AvgIpc) is 2.80. The second-order valence-corrected chi connectivity index (χ2v) is 10.6. The Morgan fingerprint density at radius 1 is 1.25 bits per heavy atom. The van der Waals surface area contributed by atoms with Gasteiger partial charge in [-0.1, -0.05) is 6.92 Å². The van der Waals surface area contributed by atoms with Crippen LogP contribution in [0.5, 0.6) is 0 Å². The predicted molar refractivity (Wildman–Crippen MR) is 96.8 cm³/mol. The number of aliphatic hydroxyl groups excluding tert-OH is 1. The third kappa shape index (κ3) is 6.47. The Bertz CT molecular complexity index is 1050. The van der Waals surface area contributed by atoms with E-state index >= 15 is 0 Å². The Balaban J connectivity index is 2.27. The average molecular weight is 531 g/mol. The molecule has 2 rings (SSSR count). The number of nitrogen functional groups attached to an aromatic ring is 1. The largest absolute Gasteiger partial charge is 0.490 e. The quantitative estimate of drug-likeness (QED) is 0.227. The highest BCUT2D eigenvalue weighted by atomic mass is 31.3. The summed E-state index contributed by atoms with van der Waals surface area (Å²) >= 11 is 0. The van der Waals surface area contributed by atoms with Crippen molar-refractivity contribution in [2.45, 2.75) is 43.8 Å². The van der Waals surface area contributed by atoms with Crippen molar-refractivity contribution >= 4 is 29.3 Å². The normalized spacial score (nSPS) is 28.1. The smallest absolute Gasteiger partial charge is 0.384 e. The second kappa shape index (κ2) is 9.25. The molecule has 0 amide bonds. The topological polar surface area (TPSA) is 250 Å². The number of aliphatic hydroxyl groups is 1. The number of nitrogens with zero attached hydrogens (tertiary/aromatic N) is 2. The standard InChI is InChI=1S/C11H18F2N3O13P3/c1-2-5(27-31(22,23)29-32(24,25)28-30(19,20)21)7-8(17)11(12,13)9(26-7)16-4-3-6(14)15-10(16)18/h3-5,7-9,17H,2H2,1H3,(H,22,23)(H,24,25)(H2,14,15,18)(H2,19,20,21)/t5-,7?,8?,9?/m0/s1. The number of anilines is 1. The fourth-order valence-corrected chi connectivity index (χ4v) is 5.93. The molecule has 0 radical (unpaired) electrons. The van der Waals surface area contributed by atoms with E-state index in [1.807, 2.05) is 0 Å². The fourth-order valence-electron chi connectivity index (χ4n) is 2.66. The van der Waals surface area contributed by atoms with Crippen LogP contribution in [0.15, 0.2) is 17.1 Å². The first kappa shape index (κ1) is 27.1. The highest BCUT2D eigenvalue weighted by Crippen LogP contribution is 2.67.